The number of amides is 1. The molecule has 0 spiro atoms. The van der Waals surface area contributed by atoms with Gasteiger partial charge in [-0.05, 0) is 42.0 Å². The van der Waals surface area contributed by atoms with Crippen LogP contribution in [-0.2, 0) is 11.2 Å². The number of rotatable bonds is 5. The number of fused-ring (bicyclic) bond motifs is 1. The largest absolute Gasteiger partial charge is 0.294 e. The van der Waals surface area contributed by atoms with Crippen molar-refractivity contribution in [3.63, 3.8) is 0 Å². The Morgan fingerprint density at radius 3 is 2.57 bits per heavy atom. The van der Waals surface area contributed by atoms with E-state index in [0.717, 1.165) is 11.1 Å². The fourth-order valence-corrected chi connectivity index (χ4v) is 4.06. The fourth-order valence-electron chi connectivity index (χ4n) is 3.93. The molecule has 30 heavy (non-hydrogen) atoms. The molecular weight excluding hydrogens is 398 g/mol. The van der Waals surface area contributed by atoms with Crippen molar-refractivity contribution in [3.8, 4) is 0 Å². The third kappa shape index (κ3) is 4.26. The third-order valence-corrected chi connectivity index (χ3v) is 5.79. The summed E-state index contributed by atoms with van der Waals surface area (Å²) in [7, 11) is 0. The highest BCUT2D eigenvalue weighted by atomic mass is 35.5. The minimum atomic E-state index is -0.283. The van der Waals surface area contributed by atoms with Gasteiger partial charge in [0.2, 0.25) is 11.9 Å². The molecule has 1 aliphatic rings. The number of carbonyl (C=O) groups is 2. The molecule has 1 amide bonds. The standard InChI is InChI=1S/C24H22ClN3O2/c1-2-19(16-6-4-3-5-7-16)23(30)28-24-26-14-20-21(27-24)12-17(13-22(20)29)15-8-10-18(25)11-9-15/h3-11,14,17,19H,2,12-13H2,1H3,(H,26,27,28,30)/t17-,19+/m0/s1. The van der Waals surface area contributed by atoms with Gasteiger partial charge < -0.3 is 0 Å². The minimum absolute atomic E-state index is 0.0183. The molecule has 3 aromatic rings. The highest BCUT2D eigenvalue weighted by Crippen LogP contribution is 2.32. The number of carbonyl (C=O) groups excluding carboxylic acids is 2. The maximum Gasteiger partial charge on any atom is 0.234 e. The second-order valence-electron chi connectivity index (χ2n) is 7.49. The van der Waals surface area contributed by atoms with Crippen LogP contribution >= 0.6 is 11.6 Å². The van der Waals surface area contributed by atoms with E-state index in [2.05, 4.69) is 15.3 Å². The number of halogens is 1. The van der Waals surface area contributed by atoms with Crippen molar-refractivity contribution in [3.05, 3.63) is 88.2 Å². The summed E-state index contributed by atoms with van der Waals surface area (Å²) in [4.78, 5) is 34.2. The van der Waals surface area contributed by atoms with E-state index >= 15 is 0 Å². The molecular formula is C24H22ClN3O2. The molecule has 1 N–H and O–H groups in total. The summed E-state index contributed by atoms with van der Waals surface area (Å²) in [5.74, 6) is -0.148. The average molecular weight is 420 g/mol. The SMILES string of the molecule is CC[C@@H](C(=O)Nc1ncc2c(n1)C[C@H](c1ccc(Cl)cc1)CC2=O)c1ccccc1. The van der Waals surface area contributed by atoms with E-state index < -0.39 is 0 Å². The minimum Gasteiger partial charge on any atom is -0.294 e. The predicted octanol–water partition coefficient (Wildman–Crippen LogP) is 5.18. The number of Topliss-reactive ketones (excluding diaryl/α,β-unsaturated/α-hetero) is 1. The van der Waals surface area contributed by atoms with Crippen molar-refractivity contribution in [2.75, 3.05) is 5.32 Å². The molecule has 0 bridgehead atoms. The number of aromatic nitrogens is 2. The van der Waals surface area contributed by atoms with E-state index in [0.29, 0.717) is 35.5 Å². The molecule has 0 saturated carbocycles. The van der Waals surface area contributed by atoms with Crippen LogP contribution in [0.4, 0.5) is 5.95 Å². The number of hydrogen-bond donors (Lipinski definition) is 1. The molecule has 152 valence electrons. The molecule has 1 heterocycles. The van der Waals surface area contributed by atoms with E-state index in [1.807, 2.05) is 61.5 Å². The zero-order chi connectivity index (χ0) is 21.1. The summed E-state index contributed by atoms with van der Waals surface area (Å²) in [5, 5.41) is 3.49. The summed E-state index contributed by atoms with van der Waals surface area (Å²) >= 11 is 5.98. The molecule has 1 aliphatic carbocycles. The van der Waals surface area contributed by atoms with Crippen LogP contribution in [0.5, 0.6) is 0 Å². The lowest BCUT2D eigenvalue weighted by Gasteiger charge is -2.23. The molecule has 0 aliphatic heterocycles. The van der Waals surface area contributed by atoms with Gasteiger partial charge >= 0.3 is 0 Å². The number of hydrogen-bond acceptors (Lipinski definition) is 4. The Bertz CT molecular complexity index is 1070. The van der Waals surface area contributed by atoms with Crippen molar-refractivity contribution in [2.45, 2.75) is 38.0 Å². The third-order valence-electron chi connectivity index (χ3n) is 5.54. The second-order valence-corrected chi connectivity index (χ2v) is 7.93. The summed E-state index contributed by atoms with van der Waals surface area (Å²) < 4.78 is 0. The Labute approximate surface area is 180 Å². The van der Waals surface area contributed by atoms with Crippen molar-refractivity contribution in [1.29, 1.82) is 0 Å². The van der Waals surface area contributed by atoms with Gasteiger partial charge in [0, 0.05) is 17.6 Å². The zero-order valence-electron chi connectivity index (χ0n) is 16.6. The maximum absolute atomic E-state index is 12.8. The molecule has 5 nitrogen and oxygen atoms in total. The summed E-state index contributed by atoms with van der Waals surface area (Å²) in [6, 6.07) is 17.2. The van der Waals surface area contributed by atoms with Crippen molar-refractivity contribution >= 4 is 29.2 Å². The molecule has 0 radical (unpaired) electrons. The van der Waals surface area contributed by atoms with Crippen LogP contribution in [-0.4, -0.2) is 21.7 Å². The summed E-state index contributed by atoms with van der Waals surface area (Å²) in [6.07, 6.45) is 3.22. The molecule has 2 aromatic carbocycles. The van der Waals surface area contributed by atoms with Crippen LogP contribution in [0.15, 0.2) is 60.8 Å². The number of nitrogens with zero attached hydrogens (tertiary/aromatic N) is 2. The van der Waals surface area contributed by atoms with Crippen LogP contribution in [0.1, 0.15) is 58.8 Å². The van der Waals surface area contributed by atoms with Gasteiger partial charge in [0.05, 0.1) is 17.2 Å². The van der Waals surface area contributed by atoms with Crippen molar-refractivity contribution in [2.24, 2.45) is 0 Å². The van der Waals surface area contributed by atoms with Gasteiger partial charge in [-0.2, -0.15) is 0 Å². The first kappa shape index (κ1) is 20.2. The Hall–Kier alpha value is -3.05. The zero-order valence-corrected chi connectivity index (χ0v) is 17.4. The highest BCUT2D eigenvalue weighted by molar-refractivity contribution is 6.30. The Morgan fingerprint density at radius 1 is 1.13 bits per heavy atom. The Morgan fingerprint density at radius 2 is 1.87 bits per heavy atom. The molecule has 0 fully saturated rings. The maximum atomic E-state index is 12.8. The predicted molar refractivity (Wildman–Crippen MR) is 117 cm³/mol. The first-order valence-electron chi connectivity index (χ1n) is 10.1. The molecule has 2 atom stereocenters. The first-order chi connectivity index (χ1) is 14.5. The fraction of sp³-hybridized carbons (Fsp3) is 0.250. The number of anilines is 1. The van der Waals surface area contributed by atoms with E-state index in [1.165, 1.54) is 6.20 Å². The van der Waals surface area contributed by atoms with Gasteiger partial charge in [-0.3, -0.25) is 14.9 Å². The van der Waals surface area contributed by atoms with Crippen LogP contribution in [0.25, 0.3) is 0 Å². The number of benzene rings is 2. The average Bonchev–Trinajstić information content (AvgIpc) is 2.75. The Kier molecular flexibility index (Phi) is 5.91. The molecule has 1 aromatic heterocycles. The molecule has 0 unspecified atom stereocenters. The van der Waals surface area contributed by atoms with Crippen molar-refractivity contribution in [1.82, 2.24) is 9.97 Å². The molecule has 6 heteroatoms. The van der Waals surface area contributed by atoms with Gasteiger partial charge in [0.25, 0.3) is 0 Å². The summed E-state index contributed by atoms with van der Waals surface area (Å²) in [5.41, 5.74) is 3.21. The topological polar surface area (TPSA) is 72.0 Å². The van der Waals surface area contributed by atoms with E-state index in [9.17, 15) is 9.59 Å². The van der Waals surface area contributed by atoms with Gasteiger partial charge in [-0.1, -0.05) is 61.0 Å². The van der Waals surface area contributed by atoms with Gasteiger partial charge in [-0.15, -0.1) is 0 Å². The lowest BCUT2D eigenvalue weighted by Crippen LogP contribution is -2.24. The van der Waals surface area contributed by atoms with Gasteiger partial charge in [-0.25, -0.2) is 9.97 Å². The lowest BCUT2D eigenvalue weighted by molar-refractivity contribution is -0.117. The molecule has 4 rings (SSSR count). The van der Waals surface area contributed by atoms with Crippen LogP contribution < -0.4 is 5.32 Å². The Balaban J connectivity index is 1.55. The normalized spacial score (nSPS) is 16.6. The number of ketones is 1. The van der Waals surface area contributed by atoms with Crippen molar-refractivity contribution < 1.29 is 9.59 Å². The van der Waals surface area contributed by atoms with Crippen LogP contribution in [0.3, 0.4) is 0 Å². The second kappa shape index (κ2) is 8.76. The van der Waals surface area contributed by atoms with Gasteiger partial charge in [0.15, 0.2) is 5.78 Å². The van der Waals surface area contributed by atoms with Crippen LogP contribution in [0.2, 0.25) is 5.02 Å². The van der Waals surface area contributed by atoms with Gasteiger partial charge in [0.1, 0.15) is 0 Å². The smallest absolute Gasteiger partial charge is 0.234 e. The van der Waals surface area contributed by atoms with E-state index in [4.69, 9.17) is 11.6 Å². The lowest BCUT2D eigenvalue weighted by atomic mass is 9.82. The number of nitrogens with one attached hydrogen (secondary N) is 1. The van der Waals surface area contributed by atoms with E-state index in [-0.39, 0.29) is 29.5 Å². The monoisotopic (exact) mass is 419 g/mol. The van der Waals surface area contributed by atoms with Crippen LogP contribution in [0, 0.1) is 0 Å². The molecule has 0 saturated heterocycles. The quantitative estimate of drug-likeness (QED) is 0.618. The summed E-state index contributed by atoms with van der Waals surface area (Å²) in [6.45, 7) is 1.97. The first-order valence-corrected chi connectivity index (χ1v) is 10.4. The van der Waals surface area contributed by atoms with E-state index in [1.54, 1.807) is 0 Å². The highest BCUT2D eigenvalue weighted by Gasteiger charge is 2.28.